The normalized spacial score (nSPS) is 23.3. The molecule has 1 aliphatic heterocycles. The Balaban J connectivity index is 2.10. The minimum Gasteiger partial charge on any atom is -0.309 e. The van der Waals surface area contributed by atoms with E-state index in [1.54, 1.807) is 0 Å². The number of nitrogens with one attached hydrogen (secondary N) is 1. The molecule has 1 aromatic rings. The van der Waals surface area contributed by atoms with Crippen molar-refractivity contribution < 1.29 is 0 Å². The molecule has 1 saturated heterocycles. The van der Waals surface area contributed by atoms with Gasteiger partial charge >= 0.3 is 0 Å². The number of hydrogen-bond acceptors (Lipinski definition) is 2. The fraction of sp³-hybridized carbons (Fsp3) is 0.647. The summed E-state index contributed by atoms with van der Waals surface area (Å²) in [5, 5.41) is 3.70. The Bertz CT molecular complexity index is 361. The molecule has 1 fully saturated rings. The van der Waals surface area contributed by atoms with E-state index in [0.29, 0.717) is 12.1 Å². The quantitative estimate of drug-likeness (QED) is 0.892. The first-order valence-corrected chi connectivity index (χ1v) is 7.74. The zero-order valence-corrected chi connectivity index (χ0v) is 12.6. The summed E-state index contributed by atoms with van der Waals surface area (Å²) < 4.78 is 0. The van der Waals surface area contributed by atoms with E-state index in [1.807, 2.05) is 0 Å². The second kappa shape index (κ2) is 7.06. The van der Waals surface area contributed by atoms with Gasteiger partial charge in [-0.2, -0.15) is 0 Å². The Morgan fingerprint density at radius 2 is 2.00 bits per heavy atom. The molecular formula is C17H28N2. The SMILES string of the molecule is CCC(C(C)C)N1CCCNC(c2ccccc2)C1. The monoisotopic (exact) mass is 260 g/mol. The number of rotatable bonds is 4. The lowest BCUT2D eigenvalue weighted by atomic mass is 9.98. The molecule has 2 rings (SSSR count). The molecule has 0 bridgehead atoms. The van der Waals surface area contributed by atoms with Crippen molar-refractivity contribution in [1.29, 1.82) is 0 Å². The lowest BCUT2D eigenvalue weighted by Crippen LogP contribution is -2.41. The Morgan fingerprint density at radius 1 is 1.26 bits per heavy atom. The van der Waals surface area contributed by atoms with Gasteiger partial charge in [0.05, 0.1) is 0 Å². The third-order valence-electron chi connectivity index (χ3n) is 4.29. The van der Waals surface area contributed by atoms with Crippen LogP contribution in [0.5, 0.6) is 0 Å². The molecule has 0 aromatic heterocycles. The molecule has 2 unspecified atom stereocenters. The molecule has 1 heterocycles. The molecule has 1 N–H and O–H groups in total. The lowest BCUT2D eigenvalue weighted by molar-refractivity contribution is 0.147. The van der Waals surface area contributed by atoms with E-state index in [2.05, 4.69) is 61.3 Å². The van der Waals surface area contributed by atoms with E-state index in [-0.39, 0.29) is 0 Å². The van der Waals surface area contributed by atoms with Gasteiger partial charge in [0.15, 0.2) is 0 Å². The summed E-state index contributed by atoms with van der Waals surface area (Å²) in [7, 11) is 0. The Morgan fingerprint density at radius 3 is 2.63 bits per heavy atom. The van der Waals surface area contributed by atoms with Crippen LogP contribution in [0.1, 0.15) is 45.2 Å². The third kappa shape index (κ3) is 3.80. The van der Waals surface area contributed by atoms with Crippen LogP contribution in [0.15, 0.2) is 30.3 Å². The van der Waals surface area contributed by atoms with Gasteiger partial charge in [-0.25, -0.2) is 0 Å². The standard InChI is InChI=1S/C17H28N2/c1-4-17(14(2)3)19-12-8-11-18-16(13-19)15-9-6-5-7-10-15/h5-7,9-10,14,16-18H,4,8,11-13H2,1-3H3. The highest BCUT2D eigenvalue weighted by Gasteiger charge is 2.25. The highest BCUT2D eigenvalue weighted by Crippen LogP contribution is 2.22. The van der Waals surface area contributed by atoms with E-state index < -0.39 is 0 Å². The highest BCUT2D eigenvalue weighted by molar-refractivity contribution is 5.19. The average molecular weight is 260 g/mol. The van der Waals surface area contributed by atoms with Crippen molar-refractivity contribution in [2.75, 3.05) is 19.6 Å². The summed E-state index contributed by atoms with van der Waals surface area (Å²) in [6.07, 6.45) is 2.51. The summed E-state index contributed by atoms with van der Waals surface area (Å²) in [4.78, 5) is 2.70. The van der Waals surface area contributed by atoms with Crippen molar-refractivity contribution in [2.24, 2.45) is 5.92 Å². The second-order valence-electron chi connectivity index (χ2n) is 5.99. The first-order chi connectivity index (χ1) is 9.22. The van der Waals surface area contributed by atoms with Gasteiger partial charge in [-0.05, 0) is 37.4 Å². The maximum Gasteiger partial charge on any atom is 0.0449 e. The zero-order chi connectivity index (χ0) is 13.7. The average Bonchev–Trinajstić information content (AvgIpc) is 2.66. The van der Waals surface area contributed by atoms with Crippen LogP contribution in [-0.2, 0) is 0 Å². The van der Waals surface area contributed by atoms with Crippen LogP contribution in [0.4, 0.5) is 0 Å². The largest absolute Gasteiger partial charge is 0.309 e. The van der Waals surface area contributed by atoms with Gasteiger partial charge in [-0.15, -0.1) is 0 Å². The summed E-state index contributed by atoms with van der Waals surface area (Å²) in [6, 6.07) is 12.1. The summed E-state index contributed by atoms with van der Waals surface area (Å²) in [5.74, 6) is 0.736. The van der Waals surface area contributed by atoms with Crippen molar-refractivity contribution in [1.82, 2.24) is 10.2 Å². The molecule has 106 valence electrons. The van der Waals surface area contributed by atoms with Crippen molar-refractivity contribution >= 4 is 0 Å². The van der Waals surface area contributed by atoms with Crippen LogP contribution >= 0.6 is 0 Å². The van der Waals surface area contributed by atoms with Crippen molar-refractivity contribution in [3.63, 3.8) is 0 Å². The Kier molecular flexibility index (Phi) is 5.41. The predicted molar refractivity (Wildman–Crippen MR) is 82.3 cm³/mol. The van der Waals surface area contributed by atoms with Gasteiger partial charge in [0.1, 0.15) is 0 Å². The Labute approximate surface area is 118 Å². The molecule has 2 nitrogen and oxygen atoms in total. The molecular weight excluding hydrogens is 232 g/mol. The van der Waals surface area contributed by atoms with E-state index in [0.717, 1.165) is 19.0 Å². The molecule has 0 spiro atoms. The van der Waals surface area contributed by atoms with Crippen molar-refractivity contribution in [3.05, 3.63) is 35.9 Å². The fourth-order valence-electron chi connectivity index (χ4n) is 3.31. The third-order valence-corrected chi connectivity index (χ3v) is 4.29. The summed E-state index contributed by atoms with van der Waals surface area (Å²) in [6.45, 7) is 10.5. The molecule has 1 aliphatic rings. The van der Waals surface area contributed by atoms with Crippen LogP contribution in [0.25, 0.3) is 0 Å². The molecule has 19 heavy (non-hydrogen) atoms. The van der Waals surface area contributed by atoms with Crippen LogP contribution in [-0.4, -0.2) is 30.6 Å². The van der Waals surface area contributed by atoms with Gasteiger partial charge < -0.3 is 5.32 Å². The number of nitrogens with zero attached hydrogens (tertiary/aromatic N) is 1. The van der Waals surface area contributed by atoms with Gasteiger partial charge in [0, 0.05) is 18.6 Å². The minimum absolute atomic E-state index is 0.483. The van der Waals surface area contributed by atoms with Crippen LogP contribution in [0.3, 0.4) is 0 Å². The van der Waals surface area contributed by atoms with Gasteiger partial charge in [-0.1, -0.05) is 51.1 Å². The summed E-state index contributed by atoms with van der Waals surface area (Å²) in [5.41, 5.74) is 1.42. The topological polar surface area (TPSA) is 15.3 Å². The zero-order valence-electron chi connectivity index (χ0n) is 12.6. The minimum atomic E-state index is 0.483. The number of hydrogen-bond donors (Lipinski definition) is 1. The lowest BCUT2D eigenvalue weighted by Gasteiger charge is -2.34. The molecule has 0 saturated carbocycles. The van der Waals surface area contributed by atoms with Crippen LogP contribution < -0.4 is 5.32 Å². The number of benzene rings is 1. The first kappa shape index (κ1) is 14.5. The van der Waals surface area contributed by atoms with Gasteiger partial charge in [0.25, 0.3) is 0 Å². The Hall–Kier alpha value is -0.860. The fourth-order valence-corrected chi connectivity index (χ4v) is 3.31. The molecule has 0 radical (unpaired) electrons. The summed E-state index contributed by atoms with van der Waals surface area (Å²) >= 11 is 0. The maximum atomic E-state index is 3.70. The molecule has 2 heteroatoms. The molecule has 2 atom stereocenters. The van der Waals surface area contributed by atoms with Gasteiger partial charge in [0.2, 0.25) is 0 Å². The van der Waals surface area contributed by atoms with Crippen LogP contribution in [0, 0.1) is 5.92 Å². The first-order valence-electron chi connectivity index (χ1n) is 7.74. The highest BCUT2D eigenvalue weighted by atomic mass is 15.2. The van der Waals surface area contributed by atoms with Crippen LogP contribution in [0.2, 0.25) is 0 Å². The smallest absolute Gasteiger partial charge is 0.0449 e. The maximum absolute atomic E-state index is 3.70. The van der Waals surface area contributed by atoms with Crippen molar-refractivity contribution in [3.8, 4) is 0 Å². The predicted octanol–water partition coefficient (Wildman–Crippen LogP) is 3.46. The second-order valence-corrected chi connectivity index (χ2v) is 5.99. The molecule has 0 amide bonds. The molecule has 0 aliphatic carbocycles. The van der Waals surface area contributed by atoms with Crippen molar-refractivity contribution in [2.45, 2.75) is 45.7 Å². The van der Waals surface area contributed by atoms with Gasteiger partial charge in [-0.3, -0.25) is 4.90 Å². The van der Waals surface area contributed by atoms with E-state index in [9.17, 15) is 0 Å². The van der Waals surface area contributed by atoms with E-state index in [4.69, 9.17) is 0 Å². The molecule has 1 aromatic carbocycles. The van der Waals surface area contributed by atoms with E-state index in [1.165, 1.54) is 24.9 Å². The van der Waals surface area contributed by atoms with E-state index >= 15 is 0 Å².